The molecule has 1 aliphatic rings. The van der Waals surface area contributed by atoms with Gasteiger partial charge in [0, 0.05) is 33.2 Å². The fourth-order valence-corrected chi connectivity index (χ4v) is 3.32. The summed E-state index contributed by atoms with van der Waals surface area (Å²) in [6.07, 6.45) is 1.73. The Morgan fingerprint density at radius 2 is 2.00 bits per heavy atom. The number of aryl methyl sites for hydroxylation is 2. The summed E-state index contributed by atoms with van der Waals surface area (Å²) >= 11 is 3.39. The molecule has 0 radical (unpaired) electrons. The van der Waals surface area contributed by atoms with E-state index >= 15 is 0 Å². The van der Waals surface area contributed by atoms with E-state index in [0.29, 0.717) is 16.2 Å². The van der Waals surface area contributed by atoms with E-state index in [1.165, 1.54) is 4.68 Å². The molecular weight excluding hydrogens is 364 g/mol. The fourth-order valence-electron chi connectivity index (χ4n) is 2.71. The number of aromatic nitrogens is 4. The summed E-state index contributed by atoms with van der Waals surface area (Å²) in [5.74, 6) is 1.30. The SMILES string of the molecule is Cc1noc(C(C)N2CCN(c3cnn(C)c(=O)c3Br)CC2)n1. The average molecular weight is 383 g/mol. The summed E-state index contributed by atoms with van der Waals surface area (Å²) in [4.78, 5) is 20.7. The van der Waals surface area contributed by atoms with E-state index in [9.17, 15) is 4.79 Å². The van der Waals surface area contributed by atoms with E-state index in [4.69, 9.17) is 4.52 Å². The lowest BCUT2D eigenvalue weighted by Crippen LogP contribution is -2.47. The maximum absolute atomic E-state index is 12.0. The minimum atomic E-state index is -0.125. The van der Waals surface area contributed by atoms with Crippen molar-refractivity contribution in [2.75, 3.05) is 31.1 Å². The summed E-state index contributed by atoms with van der Waals surface area (Å²) in [6.45, 7) is 7.21. The number of hydrogen-bond donors (Lipinski definition) is 0. The van der Waals surface area contributed by atoms with Gasteiger partial charge in [-0.2, -0.15) is 10.1 Å². The first kappa shape index (κ1) is 16.1. The monoisotopic (exact) mass is 382 g/mol. The summed E-state index contributed by atoms with van der Waals surface area (Å²) in [5.41, 5.74) is 0.716. The van der Waals surface area contributed by atoms with Crippen LogP contribution in [0.5, 0.6) is 0 Å². The molecule has 1 atom stereocenters. The summed E-state index contributed by atoms with van der Waals surface area (Å²) in [7, 11) is 1.64. The van der Waals surface area contributed by atoms with Crippen molar-refractivity contribution in [2.45, 2.75) is 19.9 Å². The molecule has 0 aromatic carbocycles. The average Bonchev–Trinajstić information content (AvgIpc) is 2.99. The third-order valence-corrected chi connectivity index (χ3v) is 4.91. The van der Waals surface area contributed by atoms with Crippen molar-refractivity contribution in [1.82, 2.24) is 24.8 Å². The Kier molecular flexibility index (Phi) is 4.49. The molecule has 3 heterocycles. The standard InChI is InChI=1S/C14H19BrN6O2/c1-9(13-17-10(2)18-23-13)20-4-6-21(7-5-20)11-8-16-19(3)14(22)12(11)15/h8-9H,4-7H2,1-3H3. The van der Waals surface area contributed by atoms with Crippen LogP contribution in [0.4, 0.5) is 5.69 Å². The number of piperazine rings is 1. The Bertz CT molecular complexity index is 750. The number of rotatable bonds is 3. The second kappa shape index (κ2) is 6.40. The Morgan fingerprint density at radius 1 is 1.30 bits per heavy atom. The van der Waals surface area contributed by atoms with Gasteiger partial charge in [-0.25, -0.2) is 4.68 Å². The first-order valence-corrected chi connectivity index (χ1v) is 8.27. The number of halogens is 1. The van der Waals surface area contributed by atoms with Crippen molar-refractivity contribution in [2.24, 2.45) is 7.05 Å². The molecule has 0 amide bonds. The molecule has 1 aliphatic heterocycles. The largest absolute Gasteiger partial charge is 0.367 e. The Morgan fingerprint density at radius 3 is 2.61 bits per heavy atom. The predicted molar refractivity (Wildman–Crippen MR) is 88.4 cm³/mol. The quantitative estimate of drug-likeness (QED) is 0.786. The highest BCUT2D eigenvalue weighted by Crippen LogP contribution is 2.25. The number of hydrogen-bond acceptors (Lipinski definition) is 7. The van der Waals surface area contributed by atoms with Crippen LogP contribution < -0.4 is 10.5 Å². The van der Waals surface area contributed by atoms with Gasteiger partial charge in [0.25, 0.3) is 5.56 Å². The van der Waals surface area contributed by atoms with Crippen molar-refractivity contribution in [3.05, 3.63) is 32.7 Å². The third-order valence-electron chi connectivity index (χ3n) is 4.16. The van der Waals surface area contributed by atoms with Crippen molar-refractivity contribution in [3.8, 4) is 0 Å². The van der Waals surface area contributed by atoms with Gasteiger partial charge in [-0.1, -0.05) is 5.16 Å². The highest BCUT2D eigenvalue weighted by Gasteiger charge is 2.26. The minimum Gasteiger partial charge on any atom is -0.367 e. The highest BCUT2D eigenvalue weighted by atomic mass is 79.9. The van der Waals surface area contributed by atoms with E-state index in [-0.39, 0.29) is 11.6 Å². The molecule has 2 aromatic heterocycles. The minimum absolute atomic E-state index is 0.0866. The van der Waals surface area contributed by atoms with Gasteiger partial charge in [0.05, 0.1) is 17.9 Å². The third kappa shape index (κ3) is 3.16. The van der Waals surface area contributed by atoms with Gasteiger partial charge >= 0.3 is 0 Å². The molecule has 1 fully saturated rings. The van der Waals surface area contributed by atoms with Crippen LogP contribution in [-0.4, -0.2) is 51.0 Å². The molecule has 124 valence electrons. The second-order valence-electron chi connectivity index (χ2n) is 5.65. The lowest BCUT2D eigenvalue weighted by Gasteiger charge is -2.38. The van der Waals surface area contributed by atoms with Crippen molar-refractivity contribution in [1.29, 1.82) is 0 Å². The van der Waals surface area contributed by atoms with Gasteiger partial charge < -0.3 is 9.42 Å². The van der Waals surface area contributed by atoms with Gasteiger partial charge in [-0.15, -0.1) is 0 Å². The molecule has 0 spiro atoms. The van der Waals surface area contributed by atoms with Gasteiger partial charge in [0.2, 0.25) is 5.89 Å². The lowest BCUT2D eigenvalue weighted by molar-refractivity contribution is 0.164. The molecule has 2 aromatic rings. The Hall–Kier alpha value is -1.74. The zero-order valence-electron chi connectivity index (χ0n) is 13.4. The van der Waals surface area contributed by atoms with E-state index in [0.717, 1.165) is 31.9 Å². The first-order valence-electron chi connectivity index (χ1n) is 7.48. The Labute approximate surface area is 142 Å². The van der Waals surface area contributed by atoms with Crippen molar-refractivity contribution >= 4 is 21.6 Å². The smallest absolute Gasteiger partial charge is 0.282 e. The molecule has 23 heavy (non-hydrogen) atoms. The van der Waals surface area contributed by atoms with E-state index < -0.39 is 0 Å². The molecule has 0 aliphatic carbocycles. The first-order chi connectivity index (χ1) is 11.0. The zero-order valence-corrected chi connectivity index (χ0v) is 14.9. The van der Waals surface area contributed by atoms with Crippen LogP contribution in [-0.2, 0) is 7.05 Å². The van der Waals surface area contributed by atoms with E-state index in [1.807, 2.05) is 6.92 Å². The van der Waals surface area contributed by atoms with Gasteiger partial charge in [-0.3, -0.25) is 9.69 Å². The van der Waals surface area contributed by atoms with Crippen LogP contribution in [0, 0.1) is 6.92 Å². The lowest BCUT2D eigenvalue weighted by atomic mass is 10.2. The van der Waals surface area contributed by atoms with Gasteiger partial charge in [0.15, 0.2) is 5.82 Å². The van der Waals surface area contributed by atoms with Crippen LogP contribution in [0.15, 0.2) is 20.0 Å². The number of anilines is 1. The Balaban J connectivity index is 1.69. The van der Waals surface area contributed by atoms with E-state index in [2.05, 4.69) is 47.9 Å². The zero-order chi connectivity index (χ0) is 16.6. The van der Waals surface area contributed by atoms with E-state index in [1.54, 1.807) is 13.2 Å². The molecule has 1 saturated heterocycles. The maximum atomic E-state index is 12.0. The summed E-state index contributed by atoms with van der Waals surface area (Å²) in [6, 6.07) is 0.0866. The van der Waals surface area contributed by atoms with Gasteiger partial charge in [-0.05, 0) is 29.8 Å². The highest BCUT2D eigenvalue weighted by molar-refractivity contribution is 9.10. The molecule has 1 unspecified atom stereocenters. The molecule has 8 nitrogen and oxygen atoms in total. The number of nitrogens with zero attached hydrogens (tertiary/aromatic N) is 6. The van der Waals surface area contributed by atoms with Crippen LogP contribution in [0.25, 0.3) is 0 Å². The molecule has 3 rings (SSSR count). The second-order valence-corrected chi connectivity index (χ2v) is 6.44. The normalized spacial score (nSPS) is 17.5. The molecule has 0 bridgehead atoms. The van der Waals surface area contributed by atoms with Crippen LogP contribution in [0.2, 0.25) is 0 Å². The van der Waals surface area contributed by atoms with Crippen molar-refractivity contribution in [3.63, 3.8) is 0 Å². The molecule has 9 heteroatoms. The predicted octanol–water partition coefficient (Wildman–Crippen LogP) is 1.12. The van der Waals surface area contributed by atoms with Crippen LogP contribution in [0.1, 0.15) is 24.7 Å². The molecule has 0 saturated carbocycles. The van der Waals surface area contributed by atoms with Crippen molar-refractivity contribution < 1.29 is 4.52 Å². The topological polar surface area (TPSA) is 80.3 Å². The molecular formula is C14H19BrN6O2. The van der Waals surface area contributed by atoms with Crippen LogP contribution >= 0.6 is 15.9 Å². The molecule has 0 N–H and O–H groups in total. The maximum Gasteiger partial charge on any atom is 0.282 e. The van der Waals surface area contributed by atoms with Gasteiger partial charge in [0.1, 0.15) is 4.47 Å². The fraction of sp³-hybridized carbons (Fsp3) is 0.571. The summed E-state index contributed by atoms with van der Waals surface area (Å²) in [5, 5.41) is 7.95. The summed E-state index contributed by atoms with van der Waals surface area (Å²) < 4.78 is 7.14. The van der Waals surface area contributed by atoms with Crippen LogP contribution in [0.3, 0.4) is 0 Å².